The van der Waals surface area contributed by atoms with Gasteiger partial charge in [-0.25, -0.2) is 0 Å². The molecule has 0 bridgehead atoms. The number of benzene rings is 1. The molecule has 3 nitrogen and oxygen atoms in total. The summed E-state index contributed by atoms with van der Waals surface area (Å²) in [6.45, 7) is 1.96. The first-order valence-corrected chi connectivity index (χ1v) is 4.54. The van der Waals surface area contributed by atoms with Crippen molar-refractivity contribution in [3.63, 3.8) is 0 Å². The van der Waals surface area contributed by atoms with E-state index in [-0.39, 0.29) is 11.4 Å². The summed E-state index contributed by atoms with van der Waals surface area (Å²) in [6.07, 6.45) is 0. The second-order valence-corrected chi connectivity index (χ2v) is 3.59. The van der Waals surface area contributed by atoms with Crippen LogP contribution in [0.15, 0.2) is 18.2 Å². The highest BCUT2D eigenvalue weighted by Gasteiger charge is 2.20. The fourth-order valence-electron chi connectivity index (χ4n) is 1.36. The van der Waals surface area contributed by atoms with E-state index in [0.717, 1.165) is 11.3 Å². The van der Waals surface area contributed by atoms with Crippen LogP contribution in [0.3, 0.4) is 0 Å². The smallest absolute Gasteiger partial charge is 0.255 e. The first-order chi connectivity index (χ1) is 6.16. The third-order valence-electron chi connectivity index (χ3n) is 1.98. The highest BCUT2D eigenvalue weighted by Crippen LogP contribution is 2.21. The number of anilines is 1. The molecule has 0 radical (unpaired) electrons. The van der Waals surface area contributed by atoms with E-state index in [0.29, 0.717) is 5.56 Å². The van der Waals surface area contributed by atoms with Gasteiger partial charge in [-0.1, -0.05) is 11.6 Å². The van der Waals surface area contributed by atoms with E-state index < -0.39 is 0 Å². The Kier molecular flexibility index (Phi) is 1.92. The largest absolute Gasteiger partial charge is 0.356 e. The molecular formula is C9H10N2OS. The predicted octanol–water partition coefficient (Wildman–Crippen LogP) is 1.36. The normalized spacial score (nSPS) is 20.2. The second kappa shape index (κ2) is 2.96. The number of thiol groups is 1. The zero-order valence-electron chi connectivity index (χ0n) is 7.16. The molecular weight excluding hydrogens is 184 g/mol. The lowest BCUT2D eigenvalue weighted by atomic mass is 10.1. The molecule has 0 saturated carbocycles. The summed E-state index contributed by atoms with van der Waals surface area (Å²) < 4.78 is 0. The van der Waals surface area contributed by atoms with Crippen LogP contribution in [0.2, 0.25) is 0 Å². The lowest BCUT2D eigenvalue weighted by Crippen LogP contribution is -2.41. The Balaban J connectivity index is 2.49. The monoisotopic (exact) mass is 194 g/mol. The third kappa shape index (κ3) is 1.49. The SMILES string of the molecule is Cc1ccc2c(c1)C(=O)NC(S)N2. The number of rotatable bonds is 0. The van der Waals surface area contributed by atoms with Gasteiger partial charge >= 0.3 is 0 Å². The highest BCUT2D eigenvalue weighted by molar-refractivity contribution is 7.81. The number of nitrogens with one attached hydrogen (secondary N) is 2. The molecule has 0 fully saturated rings. The molecule has 1 aliphatic rings. The van der Waals surface area contributed by atoms with Crippen LogP contribution in [0.25, 0.3) is 0 Å². The van der Waals surface area contributed by atoms with Crippen LogP contribution in [0, 0.1) is 6.92 Å². The van der Waals surface area contributed by atoms with Gasteiger partial charge < -0.3 is 10.6 Å². The Hall–Kier alpha value is -1.16. The second-order valence-electron chi connectivity index (χ2n) is 3.07. The van der Waals surface area contributed by atoms with E-state index in [1.165, 1.54) is 0 Å². The molecule has 1 heterocycles. The Morgan fingerprint density at radius 3 is 2.92 bits per heavy atom. The van der Waals surface area contributed by atoms with E-state index in [1.54, 1.807) is 0 Å². The average molecular weight is 194 g/mol. The lowest BCUT2D eigenvalue weighted by molar-refractivity contribution is 0.0948. The Morgan fingerprint density at radius 2 is 2.15 bits per heavy atom. The average Bonchev–Trinajstić information content (AvgIpc) is 2.06. The van der Waals surface area contributed by atoms with Gasteiger partial charge in [-0.05, 0) is 19.1 Å². The van der Waals surface area contributed by atoms with Crippen molar-refractivity contribution in [3.8, 4) is 0 Å². The summed E-state index contributed by atoms with van der Waals surface area (Å²) in [5, 5.41) is 5.73. The minimum atomic E-state index is -0.289. The van der Waals surface area contributed by atoms with Crippen molar-refractivity contribution in [1.82, 2.24) is 5.32 Å². The van der Waals surface area contributed by atoms with Gasteiger partial charge in [0, 0.05) is 5.69 Å². The number of hydrogen-bond acceptors (Lipinski definition) is 3. The summed E-state index contributed by atoms with van der Waals surface area (Å²) in [5.41, 5.74) is 2.32. The molecule has 0 aliphatic carbocycles. The Labute approximate surface area is 81.9 Å². The van der Waals surface area contributed by atoms with Gasteiger partial charge in [0.2, 0.25) is 0 Å². The molecule has 1 amide bonds. The van der Waals surface area contributed by atoms with Crippen molar-refractivity contribution in [3.05, 3.63) is 29.3 Å². The topological polar surface area (TPSA) is 41.1 Å². The van der Waals surface area contributed by atoms with Crippen LogP contribution in [0.4, 0.5) is 5.69 Å². The summed E-state index contributed by atoms with van der Waals surface area (Å²) in [6, 6.07) is 5.72. The molecule has 1 atom stereocenters. The molecule has 1 aliphatic heterocycles. The third-order valence-corrected chi connectivity index (χ3v) is 2.24. The van der Waals surface area contributed by atoms with E-state index >= 15 is 0 Å². The van der Waals surface area contributed by atoms with Gasteiger partial charge in [0.1, 0.15) is 5.50 Å². The van der Waals surface area contributed by atoms with Gasteiger partial charge in [0.05, 0.1) is 5.56 Å². The van der Waals surface area contributed by atoms with Crippen LogP contribution in [-0.2, 0) is 0 Å². The quantitative estimate of drug-likeness (QED) is 0.546. The zero-order valence-corrected chi connectivity index (χ0v) is 8.06. The van der Waals surface area contributed by atoms with Gasteiger partial charge in [-0.15, -0.1) is 12.6 Å². The van der Waals surface area contributed by atoms with Crippen LogP contribution in [-0.4, -0.2) is 11.4 Å². The number of carbonyl (C=O) groups is 1. The van der Waals surface area contributed by atoms with E-state index in [4.69, 9.17) is 0 Å². The van der Waals surface area contributed by atoms with Crippen molar-refractivity contribution >= 4 is 24.2 Å². The fourth-order valence-corrected chi connectivity index (χ4v) is 1.61. The van der Waals surface area contributed by atoms with Gasteiger partial charge in [-0.2, -0.15) is 0 Å². The van der Waals surface area contributed by atoms with Crippen molar-refractivity contribution in [2.45, 2.75) is 12.4 Å². The minimum absolute atomic E-state index is 0.0718. The number of fused-ring (bicyclic) bond motifs is 1. The van der Waals surface area contributed by atoms with Gasteiger partial charge in [0.15, 0.2) is 0 Å². The molecule has 1 aromatic carbocycles. The number of hydrogen-bond donors (Lipinski definition) is 3. The molecule has 2 N–H and O–H groups in total. The predicted molar refractivity (Wildman–Crippen MR) is 55.0 cm³/mol. The van der Waals surface area contributed by atoms with Crippen LogP contribution in [0.1, 0.15) is 15.9 Å². The van der Waals surface area contributed by atoms with Gasteiger partial charge in [-0.3, -0.25) is 4.79 Å². The molecule has 68 valence electrons. The lowest BCUT2D eigenvalue weighted by Gasteiger charge is -2.24. The molecule has 0 aromatic heterocycles. The first kappa shape index (κ1) is 8.44. The summed E-state index contributed by atoms with van der Waals surface area (Å²) in [5.74, 6) is -0.0718. The maximum Gasteiger partial charge on any atom is 0.255 e. The molecule has 0 saturated heterocycles. The molecule has 1 aromatic rings. The highest BCUT2D eigenvalue weighted by atomic mass is 32.1. The maximum atomic E-state index is 11.4. The zero-order chi connectivity index (χ0) is 9.42. The summed E-state index contributed by atoms with van der Waals surface area (Å²) in [4.78, 5) is 11.4. The minimum Gasteiger partial charge on any atom is -0.356 e. The van der Waals surface area contributed by atoms with Gasteiger partial charge in [0.25, 0.3) is 5.91 Å². The Morgan fingerprint density at radius 1 is 1.38 bits per heavy atom. The van der Waals surface area contributed by atoms with Crippen LogP contribution in [0.5, 0.6) is 0 Å². The number of aryl methyl sites for hydroxylation is 1. The number of carbonyl (C=O) groups excluding carboxylic acids is 1. The van der Waals surface area contributed by atoms with Crippen molar-refractivity contribution in [1.29, 1.82) is 0 Å². The maximum absolute atomic E-state index is 11.4. The standard InChI is InChI=1S/C9H10N2OS/c1-5-2-3-7-6(4-5)8(12)11-9(13)10-7/h2-4,9-10,13H,1H3,(H,11,12). The first-order valence-electron chi connectivity index (χ1n) is 4.03. The fraction of sp³-hybridized carbons (Fsp3) is 0.222. The Bertz CT molecular complexity index is 365. The molecule has 1 unspecified atom stereocenters. The summed E-state index contributed by atoms with van der Waals surface area (Å²) in [7, 11) is 0. The summed E-state index contributed by atoms with van der Waals surface area (Å²) >= 11 is 4.13. The van der Waals surface area contributed by atoms with E-state index in [1.807, 2.05) is 25.1 Å². The van der Waals surface area contributed by atoms with E-state index in [9.17, 15) is 4.79 Å². The van der Waals surface area contributed by atoms with Crippen molar-refractivity contribution < 1.29 is 4.79 Å². The van der Waals surface area contributed by atoms with Crippen molar-refractivity contribution in [2.24, 2.45) is 0 Å². The molecule has 13 heavy (non-hydrogen) atoms. The van der Waals surface area contributed by atoms with Crippen LogP contribution >= 0.6 is 12.6 Å². The molecule has 4 heteroatoms. The van der Waals surface area contributed by atoms with Crippen LogP contribution < -0.4 is 10.6 Å². The van der Waals surface area contributed by atoms with Crippen molar-refractivity contribution in [2.75, 3.05) is 5.32 Å². The molecule has 2 rings (SSSR count). The molecule has 0 spiro atoms. The number of amides is 1. The van der Waals surface area contributed by atoms with E-state index in [2.05, 4.69) is 23.3 Å².